The molecule has 3 aromatic carbocycles. The number of halogens is 9. The first kappa shape index (κ1) is 26.6. The number of alkyl halides is 9. The molecule has 0 aliphatic rings. The second-order valence-electron chi connectivity index (χ2n) is 6.68. The van der Waals surface area contributed by atoms with Crippen molar-refractivity contribution in [2.45, 2.75) is 46.1 Å². The Balaban J connectivity index is 0.000000328. The van der Waals surface area contributed by atoms with E-state index in [9.17, 15) is 39.5 Å². The van der Waals surface area contributed by atoms with Crippen LogP contribution in [0.25, 0.3) is 0 Å². The van der Waals surface area contributed by atoms with E-state index in [4.69, 9.17) is 0 Å². The highest BCUT2D eigenvalue weighted by molar-refractivity contribution is 7.97. The fraction of sp³-hybridized carbons (Fsp3) is 0.217. The Bertz CT molecular complexity index is 908. The Kier molecular flexibility index (Phi) is 8.88. The Morgan fingerprint density at radius 3 is 1.09 bits per heavy atom. The molecule has 0 unspecified atom stereocenters. The van der Waals surface area contributed by atoms with Crippen LogP contribution in [-0.4, -0.2) is 12.4 Å². The van der Waals surface area contributed by atoms with Crippen molar-refractivity contribution < 1.29 is 39.5 Å². The molecular formula is C23H18F9S+. The second kappa shape index (κ2) is 11.0. The molecule has 0 amide bonds. The van der Waals surface area contributed by atoms with E-state index < -0.39 is 47.8 Å². The molecule has 0 aromatic heterocycles. The van der Waals surface area contributed by atoms with Gasteiger partial charge in [0.25, 0.3) is 0 Å². The molecule has 0 aliphatic carbocycles. The zero-order chi connectivity index (χ0) is 24.7. The fourth-order valence-corrected chi connectivity index (χ4v) is 4.67. The smallest absolute Gasteiger partial charge is 0.171 e. The van der Waals surface area contributed by atoms with Gasteiger partial charge in [0.15, 0.2) is 14.7 Å². The summed E-state index contributed by atoms with van der Waals surface area (Å²) < 4.78 is 105. The van der Waals surface area contributed by atoms with E-state index in [1.54, 1.807) is 12.1 Å². The molecule has 0 N–H and O–H groups in total. The van der Waals surface area contributed by atoms with Crippen LogP contribution in [0, 0.1) is 0 Å². The molecule has 0 nitrogen and oxygen atoms in total. The average Bonchev–Trinajstić information content (AvgIpc) is 2.73. The van der Waals surface area contributed by atoms with Crippen LogP contribution in [0.2, 0.25) is 0 Å². The van der Waals surface area contributed by atoms with Crippen LogP contribution < -0.4 is 0 Å². The SMILES string of the molecule is FC(F)(F)CCC(F)(F)F.FC(F)(F)c1ccc([S+](c2ccccc2)c2ccccc2)cc1. The maximum atomic E-state index is 12.8. The van der Waals surface area contributed by atoms with Crippen LogP contribution in [0.15, 0.2) is 99.6 Å². The van der Waals surface area contributed by atoms with E-state index in [1.165, 1.54) is 0 Å². The fourth-order valence-electron chi connectivity index (χ4n) is 2.58. The van der Waals surface area contributed by atoms with Gasteiger partial charge in [-0.15, -0.1) is 0 Å². The van der Waals surface area contributed by atoms with Gasteiger partial charge in [0.1, 0.15) is 0 Å². The van der Waals surface area contributed by atoms with Crippen LogP contribution in [0.3, 0.4) is 0 Å². The van der Waals surface area contributed by atoms with Crippen molar-refractivity contribution in [1.29, 1.82) is 0 Å². The standard InChI is InChI=1S/C19H14F3S.C4H4F6/c20-19(21,22)15-11-13-18(14-12-15)23(16-7-3-1-4-8-16)17-9-5-2-6-10-17;5-3(6,7)1-2-4(8,9)10/h1-14H;1-2H2/q+1;. The number of hydrogen-bond donors (Lipinski definition) is 0. The molecule has 0 atom stereocenters. The predicted molar refractivity (Wildman–Crippen MR) is 108 cm³/mol. The van der Waals surface area contributed by atoms with Gasteiger partial charge >= 0.3 is 18.5 Å². The van der Waals surface area contributed by atoms with Gasteiger partial charge in [0.05, 0.1) is 29.3 Å². The Morgan fingerprint density at radius 2 is 0.788 bits per heavy atom. The number of benzene rings is 3. The van der Waals surface area contributed by atoms with Crippen LogP contribution in [0.1, 0.15) is 18.4 Å². The maximum Gasteiger partial charge on any atom is 0.416 e. The van der Waals surface area contributed by atoms with Crippen molar-refractivity contribution in [2.75, 3.05) is 0 Å². The lowest BCUT2D eigenvalue weighted by Crippen LogP contribution is -2.15. The molecule has 3 aromatic rings. The zero-order valence-corrected chi connectivity index (χ0v) is 17.6. The molecule has 0 heterocycles. The van der Waals surface area contributed by atoms with Gasteiger partial charge in [-0.2, -0.15) is 39.5 Å². The predicted octanol–water partition coefficient (Wildman–Crippen LogP) is 8.69. The second-order valence-corrected chi connectivity index (χ2v) is 8.71. The minimum absolute atomic E-state index is 0.417. The molecule has 0 spiro atoms. The molecule has 0 saturated carbocycles. The van der Waals surface area contributed by atoms with Crippen molar-refractivity contribution in [3.05, 3.63) is 90.5 Å². The van der Waals surface area contributed by atoms with Crippen molar-refractivity contribution >= 4 is 10.9 Å². The normalized spacial score (nSPS) is 12.3. The number of hydrogen-bond acceptors (Lipinski definition) is 0. The number of rotatable bonds is 4. The third-order valence-electron chi connectivity index (χ3n) is 4.07. The largest absolute Gasteiger partial charge is 0.416 e. The molecule has 0 aliphatic heterocycles. The Morgan fingerprint density at radius 1 is 0.455 bits per heavy atom. The summed E-state index contributed by atoms with van der Waals surface area (Å²) in [5, 5.41) is 0. The van der Waals surface area contributed by atoms with E-state index >= 15 is 0 Å². The van der Waals surface area contributed by atoms with Gasteiger partial charge in [-0.1, -0.05) is 36.4 Å². The van der Waals surface area contributed by atoms with Crippen LogP contribution >= 0.6 is 0 Å². The minimum atomic E-state index is -4.71. The first-order chi connectivity index (χ1) is 15.3. The molecule has 178 valence electrons. The lowest BCUT2D eigenvalue weighted by molar-refractivity contribution is -0.183. The lowest BCUT2D eigenvalue weighted by Gasteiger charge is -2.10. The van der Waals surface area contributed by atoms with Crippen molar-refractivity contribution in [1.82, 2.24) is 0 Å². The zero-order valence-electron chi connectivity index (χ0n) is 16.8. The van der Waals surface area contributed by atoms with Gasteiger partial charge in [-0.25, -0.2) is 0 Å². The highest BCUT2D eigenvalue weighted by Crippen LogP contribution is 2.34. The van der Waals surface area contributed by atoms with E-state index in [1.807, 2.05) is 60.7 Å². The van der Waals surface area contributed by atoms with Gasteiger partial charge in [0, 0.05) is 0 Å². The summed E-state index contributed by atoms with van der Waals surface area (Å²) in [6.07, 6.45) is -17.3. The van der Waals surface area contributed by atoms with Crippen LogP contribution in [0.5, 0.6) is 0 Å². The Hall–Kier alpha value is -2.62. The quantitative estimate of drug-likeness (QED) is 0.250. The minimum Gasteiger partial charge on any atom is -0.171 e. The van der Waals surface area contributed by atoms with Gasteiger partial charge in [0.2, 0.25) is 0 Å². The third kappa shape index (κ3) is 9.41. The van der Waals surface area contributed by atoms with E-state index in [-0.39, 0.29) is 0 Å². The molecule has 3 rings (SSSR count). The molecular weight excluding hydrogens is 479 g/mol. The molecule has 0 saturated heterocycles. The van der Waals surface area contributed by atoms with Gasteiger partial charge in [-0.3, -0.25) is 0 Å². The summed E-state index contributed by atoms with van der Waals surface area (Å²) in [5.41, 5.74) is -0.620. The van der Waals surface area contributed by atoms with E-state index in [0.717, 1.165) is 26.8 Å². The monoisotopic (exact) mass is 497 g/mol. The van der Waals surface area contributed by atoms with Crippen molar-refractivity contribution in [3.63, 3.8) is 0 Å². The van der Waals surface area contributed by atoms with Crippen molar-refractivity contribution in [2.24, 2.45) is 0 Å². The van der Waals surface area contributed by atoms with Crippen molar-refractivity contribution in [3.8, 4) is 0 Å². The van der Waals surface area contributed by atoms with Gasteiger partial charge in [-0.05, 0) is 48.5 Å². The summed E-state index contributed by atoms with van der Waals surface area (Å²) >= 11 is 0. The first-order valence-corrected chi connectivity index (χ1v) is 10.6. The average molecular weight is 497 g/mol. The lowest BCUT2D eigenvalue weighted by atomic mass is 10.2. The van der Waals surface area contributed by atoms with E-state index in [2.05, 4.69) is 0 Å². The summed E-state index contributed by atoms with van der Waals surface area (Å²) in [4.78, 5) is 3.03. The van der Waals surface area contributed by atoms with Crippen LogP contribution in [-0.2, 0) is 17.1 Å². The third-order valence-corrected chi connectivity index (χ3v) is 6.30. The summed E-state index contributed by atoms with van der Waals surface area (Å²) in [6.45, 7) is 0. The summed E-state index contributed by atoms with van der Waals surface area (Å²) in [5.74, 6) is 0. The van der Waals surface area contributed by atoms with E-state index in [0.29, 0.717) is 0 Å². The molecule has 0 radical (unpaired) electrons. The topological polar surface area (TPSA) is 0 Å². The van der Waals surface area contributed by atoms with Gasteiger partial charge < -0.3 is 0 Å². The summed E-state index contributed by atoms with van der Waals surface area (Å²) in [6, 6.07) is 25.1. The molecule has 33 heavy (non-hydrogen) atoms. The first-order valence-electron chi connectivity index (χ1n) is 9.41. The molecule has 0 fully saturated rings. The highest BCUT2D eigenvalue weighted by atomic mass is 32.2. The molecule has 10 heteroatoms. The molecule has 0 bridgehead atoms. The van der Waals surface area contributed by atoms with Crippen LogP contribution in [0.4, 0.5) is 39.5 Å². The highest BCUT2D eigenvalue weighted by Gasteiger charge is 2.36. The maximum absolute atomic E-state index is 12.8. The Labute approximate surface area is 187 Å². The summed E-state index contributed by atoms with van der Waals surface area (Å²) in [7, 11) is -0.417.